The summed E-state index contributed by atoms with van der Waals surface area (Å²) in [5.74, 6) is 0.184. The molecule has 4 amide bonds. The number of imide groups is 1. The molecule has 0 radical (unpaired) electrons. The van der Waals surface area contributed by atoms with E-state index in [0.717, 1.165) is 27.3 Å². The summed E-state index contributed by atoms with van der Waals surface area (Å²) >= 11 is 0. The van der Waals surface area contributed by atoms with E-state index in [1.54, 1.807) is 4.90 Å². The summed E-state index contributed by atoms with van der Waals surface area (Å²) in [5, 5.41) is 2.41. The molecule has 0 unspecified atom stereocenters. The molecule has 2 N–H and O–H groups in total. The average Bonchev–Trinajstić information content (AvgIpc) is 3.12. The highest BCUT2D eigenvalue weighted by Gasteiger charge is 2.31. The van der Waals surface area contributed by atoms with Crippen LogP contribution in [0.15, 0.2) is 18.2 Å². The lowest BCUT2D eigenvalue weighted by atomic mass is 10.2. The Morgan fingerprint density at radius 2 is 2.16 bits per heavy atom. The summed E-state index contributed by atoms with van der Waals surface area (Å²) in [6.45, 7) is 4.59. The Bertz CT molecular complexity index is 813. The lowest BCUT2D eigenvalue weighted by molar-refractivity contribution is -0.136. The molecule has 1 aromatic carbocycles. The number of rotatable bonds is 6. The molecule has 1 fully saturated rings. The van der Waals surface area contributed by atoms with Crippen molar-refractivity contribution in [1.82, 2.24) is 25.1 Å². The molecule has 132 valence electrons. The third kappa shape index (κ3) is 3.62. The minimum atomic E-state index is -0.512. The number of carbonyl (C=O) groups excluding carboxylic acids is 3. The second kappa shape index (κ2) is 6.92. The Morgan fingerprint density at radius 3 is 2.84 bits per heavy atom. The van der Waals surface area contributed by atoms with Gasteiger partial charge in [0.2, 0.25) is 5.91 Å². The van der Waals surface area contributed by atoms with Gasteiger partial charge in [-0.2, -0.15) is 0 Å². The quantitative estimate of drug-likeness (QED) is 0.759. The van der Waals surface area contributed by atoms with Gasteiger partial charge in [-0.1, -0.05) is 6.07 Å². The number of urea groups is 1. The van der Waals surface area contributed by atoms with Crippen molar-refractivity contribution >= 4 is 28.9 Å². The SMILES string of the molecule is CCN(CCc1nc2ccc(C)cc2[nH]1)C(=O)CN1C(=O)CNC1=O. The van der Waals surface area contributed by atoms with E-state index >= 15 is 0 Å². The number of aryl methyl sites for hydroxylation is 1. The van der Waals surface area contributed by atoms with E-state index in [0.29, 0.717) is 19.5 Å². The van der Waals surface area contributed by atoms with Crippen LogP contribution in [0.3, 0.4) is 0 Å². The fraction of sp³-hybridized carbons (Fsp3) is 0.412. The van der Waals surface area contributed by atoms with E-state index in [2.05, 4.69) is 15.3 Å². The van der Waals surface area contributed by atoms with Gasteiger partial charge in [-0.15, -0.1) is 0 Å². The number of H-pyrrole nitrogens is 1. The maximum atomic E-state index is 12.4. The standard InChI is InChI=1S/C17H21N5O3/c1-3-21(16(24)10-22-15(23)9-18-17(22)25)7-6-14-19-12-5-4-11(2)8-13(12)20-14/h4-5,8H,3,6-7,9-10H2,1-2H3,(H,18,25)(H,19,20). The van der Waals surface area contributed by atoms with Gasteiger partial charge in [0, 0.05) is 19.5 Å². The van der Waals surface area contributed by atoms with Crippen molar-refractivity contribution in [2.75, 3.05) is 26.2 Å². The van der Waals surface area contributed by atoms with Gasteiger partial charge in [-0.3, -0.25) is 14.5 Å². The summed E-state index contributed by atoms with van der Waals surface area (Å²) in [4.78, 5) is 45.9. The van der Waals surface area contributed by atoms with Gasteiger partial charge in [0.15, 0.2) is 0 Å². The van der Waals surface area contributed by atoms with Crippen LogP contribution in [0.5, 0.6) is 0 Å². The molecule has 1 aliphatic heterocycles. The summed E-state index contributed by atoms with van der Waals surface area (Å²) < 4.78 is 0. The van der Waals surface area contributed by atoms with E-state index in [1.807, 2.05) is 32.0 Å². The van der Waals surface area contributed by atoms with Crippen molar-refractivity contribution in [1.29, 1.82) is 0 Å². The smallest absolute Gasteiger partial charge is 0.325 e. The Labute approximate surface area is 145 Å². The third-order valence-electron chi connectivity index (χ3n) is 4.27. The Balaban J connectivity index is 1.62. The van der Waals surface area contributed by atoms with Crippen molar-refractivity contribution < 1.29 is 14.4 Å². The van der Waals surface area contributed by atoms with Gasteiger partial charge >= 0.3 is 6.03 Å². The highest BCUT2D eigenvalue weighted by Crippen LogP contribution is 2.13. The first-order valence-corrected chi connectivity index (χ1v) is 8.29. The molecule has 0 spiro atoms. The second-order valence-corrected chi connectivity index (χ2v) is 6.07. The molecule has 25 heavy (non-hydrogen) atoms. The molecule has 0 saturated carbocycles. The number of imidazole rings is 1. The number of amides is 4. The maximum Gasteiger partial charge on any atom is 0.325 e. The van der Waals surface area contributed by atoms with E-state index in [4.69, 9.17) is 0 Å². The predicted molar refractivity (Wildman–Crippen MR) is 91.9 cm³/mol. The number of likely N-dealkylation sites (N-methyl/N-ethyl adjacent to an activating group) is 1. The zero-order chi connectivity index (χ0) is 18.0. The molecule has 0 atom stereocenters. The van der Waals surface area contributed by atoms with Gasteiger partial charge < -0.3 is 15.2 Å². The van der Waals surface area contributed by atoms with Crippen LogP contribution >= 0.6 is 0 Å². The van der Waals surface area contributed by atoms with Gasteiger partial charge in [-0.05, 0) is 31.5 Å². The summed E-state index contributed by atoms with van der Waals surface area (Å²) in [6.07, 6.45) is 0.577. The highest BCUT2D eigenvalue weighted by molar-refractivity contribution is 6.04. The molecule has 2 aromatic rings. The molecule has 1 aromatic heterocycles. The fourth-order valence-electron chi connectivity index (χ4n) is 2.85. The fourth-order valence-corrected chi connectivity index (χ4v) is 2.85. The number of hydrogen-bond acceptors (Lipinski definition) is 4. The number of benzene rings is 1. The number of carbonyl (C=O) groups is 3. The van der Waals surface area contributed by atoms with Crippen LogP contribution in [-0.2, 0) is 16.0 Å². The Morgan fingerprint density at radius 1 is 1.36 bits per heavy atom. The van der Waals surface area contributed by atoms with Crippen LogP contribution in [-0.4, -0.2) is 63.8 Å². The lowest BCUT2D eigenvalue weighted by Crippen LogP contribution is -2.43. The molecular weight excluding hydrogens is 322 g/mol. The zero-order valence-electron chi connectivity index (χ0n) is 14.3. The van der Waals surface area contributed by atoms with Gasteiger partial charge in [0.1, 0.15) is 12.4 Å². The molecular formula is C17H21N5O3. The maximum absolute atomic E-state index is 12.4. The van der Waals surface area contributed by atoms with Crippen LogP contribution in [0, 0.1) is 6.92 Å². The van der Waals surface area contributed by atoms with Crippen LogP contribution in [0.2, 0.25) is 0 Å². The molecule has 1 saturated heterocycles. The monoisotopic (exact) mass is 343 g/mol. The summed E-state index contributed by atoms with van der Waals surface area (Å²) in [7, 11) is 0. The summed E-state index contributed by atoms with van der Waals surface area (Å²) in [5.41, 5.74) is 3.03. The minimum absolute atomic E-state index is 0.0450. The second-order valence-electron chi connectivity index (χ2n) is 6.07. The van der Waals surface area contributed by atoms with E-state index in [1.165, 1.54) is 0 Å². The topological polar surface area (TPSA) is 98.4 Å². The molecule has 2 heterocycles. The molecule has 3 rings (SSSR count). The Kier molecular flexibility index (Phi) is 4.69. The zero-order valence-corrected chi connectivity index (χ0v) is 14.3. The number of nitrogens with one attached hydrogen (secondary N) is 2. The van der Waals surface area contributed by atoms with Crippen molar-refractivity contribution in [2.24, 2.45) is 0 Å². The first-order valence-electron chi connectivity index (χ1n) is 8.29. The number of hydrogen-bond donors (Lipinski definition) is 2. The first kappa shape index (κ1) is 16.9. The van der Waals surface area contributed by atoms with Crippen molar-refractivity contribution in [3.05, 3.63) is 29.6 Å². The van der Waals surface area contributed by atoms with Gasteiger partial charge in [-0.25, -0.2) is 9.78 Å². The van der Waals surface area contributed by atoms with Crippen LogP contribution in [0.1, 0.15) is 18.3 Å². The molecule has 8 heteroatoms. The first-order chi connectivity index (χ1) is 12.0. The van der Waals surface area contributed by atoms with E-state index in [-0.39, 0.29) is 24.9 Å². The predicted octanol–water partition coefficient (Wildman–Crippen LogP) is 0.814. The largest absolute Gasteiger partial charge is 0.342 e. The molecule has 8 nitrogen and oxygen atoms in total. The molecule has 0 aliphatic carbocycles. The van der Waals surface area contributed by atoms with Gasteiger partial charge in [0.05, 0.1) is 17.6 Å². The van der Waals surface area contributed by atoms with Crippen molar-refractivity contribution in [2.45, 2.75) is 20.3 Å². The number of fused-ring (bicyclic) bond motifs is 1. The number of aromatic nitrogens is 2. The molecule has 0 bridgehead atoms. The van der Waals surface area contributed by atoms with Crippen LogP contribution in [0.4, 0.5) is 4.79 Å². The summed E-state index contributed by atoms with van der Waals surface area (Å²) in [6, 6.07) is 5.49. The van der Waals surface area contributed by atoms with Crippen LogP contribution in [0.25, 0.3) is 11.0 Å². The van der Waals surface area contributed by atoms with Crippen LogP contribution < -0.4 is 5.32 Å². The van der Waals surface area contributed by atoms with E-state index < -0.39 is 6.03 Å². The number of aromatic amines is 1. The number of nitrogens with zero attached hydrogens (tertiary/aromatic N) is 3. The average molecular weight is 343 g/mol. The third-order valence-corrected chi connectivity index (χ3v) is 4.27. The van der Waals surface area contributed by atoms with E-state index in [9.17, 15) is 14.4 Å². The minimum Gasteiger partial charge on any atom is -0.342 e. The van der Waals surface area contributed by atoms with Crippen molar-refractivity contribution in [3.8, 4) is 0 Å². The normalized spacial score (nSPS) is 14.2. The van der Waals surface area contributed by atoms with Gasteiger partial charge in [0.25, 0.3) is 5.91 Å². The highest BCUT2D eigenvalue weighted by atomic mass is 16.2. The Hall–Kier alpha value is -2.90. The molecule has 1 aliphatic rings. The van der Waals surface area contributed by atoms with Crippen molar-refractivity contribution in [3.63, 3.8) is 0 Å². The lowest BCUT2D eigenvalue weighted by Gasteiger charge is -2.22.